The smallest absolute Gasteiger partial charge is 0.421 e. The first-order valence-corrected chi connectivity index (χ1v) is 7.19. The standard InChI is InChI=1S/C15H13F3N2O4/c1-20-6-2-3-9(20)12-13-8(15(16,17)18)7-19-14(12)24-11(22)5-4-10(21)23-13/h4-5,7,9H,2-3,6H2,1H3/b5-4+. The van der Waals surface area contributed by atoms with Gasteiger partial charge in [-0.1, -0.05) is 0 Å². The summed E-state index contributed by atoms with van der Waals surface area (Å²) >= 11 is 0. The van der Waals surface area contributed by atoms with E-state index in [2.05, 4.69) is 4.98 Å². The summed E-state index contributed by atoms with van der Waals surface area (Å²) in [7, 11) is 1.73. The second kappa shape index (κ2) is 5.90. The number of likely N-dealkylation sites (tertiary alicyclic amines) is 1. The van der Waals surface area contributed by atoms with Gasteiger partial charge in [-0.05, 0) is 26.4 Å². The van der Waals surface area contributed by atoms with Crippen LogP contribution in [0, 0.1) is 0 Å². The highest BCUT2D eigenvalue weighted by molar-refractivity contribution is 5.94. The molecule has 2 bridgehead atoms. The highest BCUT2D eigenvalue weighted by atomic mass is 19.4. The Hall–Kier alpha value is -2.42. The molecule has 9 heteroatoms. The van der Waals surface area contributed by atoms with Gasteiger partial charge in [-0.3, -0.25) is 4.90 Å². The molecule has 1 fully saturated rings. The van der Waals surface area contributed by atoms with Gasteiger partial charge in [0.25, 0.3) is 0 Å². The van der Waals surface area contributed by atoms with Crippen LogP contribution in [0.5, 0.6) is 11.6 Å². The summed E-state index contributed by atoms with van der Waals surface area (Å²) in [5.74, 6) is -2.93. The van der Waals surface area contributed by atoms with E-state index in [1.165, 1.54) is 0 Å². The molecule has 0 aliphatic carbocycles. The molecule has 3 heterocycles. The monoisotopic (exact) mass is 342 g/mol. The van der Waals surface area contributed by atoms with Crippen molar-refractivity contribution in [3.63, 3.8) is 0 Å². The quantitative estimate of drug-likeness (QED) is 0.729. The summed E-state index contributed by atoms with van der Waals surface area (Å²) in [6.07, 6.45) is -1.47. The summed E-state index contributed by atoms with van der Waals surface area (Å²) in [5, 5.41) is 0. The third-order valence-corrected chi connectivity index (χ3v) is 3.95. The van der Waals surface area contributed by atoms with Gasteiger partial charge in [-0.25, -0.2) is 14.6 Å². The molecule has 2 aliphatic heterocycles. The molecule has 0 N–H and O–H groups in total. The Morgan fingerprint density at radius 2 is 1.88 bits per heavy atom. The number of hydrogen-bond acceptors (Lipinski definition) is 6. The number of carbonyl (C=O) groups excluding carboxylic acids is 2. The second-order valence-electron chi connectivity index (χ2n) is 5.53. The molecule has 24 heavy (non-hydrogen) atoms. The normalized spacial score (nSPS) is 23.1. The van der Waals surface area contributed by atoms with E-state index >= 15 is 0 Å². The fourth-order valence-electron chi connectivity index (χ4n) is 2.86. The molecule has 1 atom stereocenters. The average Bonchev–Trinajstić information content (AvgIpc) is 2.90. The first-order chi connectivity index (χ1) is 11.3. The Bertz CT molecular complexity index is 730. The molecular weight excluding hydrogens is 329 g/mol. The molecule has 0 spiro atoms. The minimum atomic E-state index is -4.77. The zero-order valence-electron chi connectivity index (χ0n) is 12.6. The van der Waals surface area contributed by atoms with E-state index < -0.39 is 35.5 Å². The number of esters is 2. The molecule has 1 aromatic rings. The largest absolute Gasteiger partial charge is 0.422 e. The van der Waals surface area contributed by atoms with Crippen molar-refractivity contribution >= 4 is 11.9 Å². The highest BCUT2D eigenvalue weighted by Gasteiger charge is 2.41. The van der Waals surface area contributed by atoms with Crippen LogP contribution in [-0.4, -0.2) is 35.4 Å². The van der Waals surface area contributed by atoms with Crippen LogP contribution in [0.15, 0.2) is 18.3 Å². The van der Waals surface area contributed by atoms with Crippen LogP contribution >= 0.6 is 0 Å². The van der Waals surface area contributed by atoms with E-state index in [9.17, 15) is 22.8 Å². The van der Waals surface area contributed by atoms with E-state index in [1.54, 1.807) is 11.9 Å². The van der Waals surface area contributed by atoms with Gasteiger partial charge in [-0.15, -0.1) is 0 Å². The molecule has 1 aromatic heterocycles. The number of halogens is 3. The Morgan fingerprint density at radius 3 is 2.46 bits per heavy atom. The molecule has 6 nitrogen and oxygen atoms in total. The van der Waals surface area contributed by atoms with Gasteiger partial charge in [0.1, 0.15) is 5.56 Å². The predicted octanol–water partition coefficient (Wildman–Crippen LogP) is 2.25. The van der Waals surface area contributed by atoms with Gasteiger partial charge in [0, 0.05) is 24.4 Å². The van der Waals surface area contributed by atoms with Crippen LogP contribution in [0.3, 0.4) is 0 Å². The Morgan fingerprint density at radius 1 is 1.21 bits per heavy atom. The maximum atomic E-state index is 13.3. The summed E-state index contributed by atoms with van der Waals surface area (Å²) in [6.45, 7) is 0.653. The molecule has 0 saturated carbocycles. The minimum absolute atomic E-state index is 0.0322. The lowest BCUT2D eigenvalue weighted by Gasteiger charge is -2.25. The molecular formula is C15H13F3N2O4. The Balaban J connectivity index is 2.25. The number of nitrogens with zero attached hydrogens (tertiary/aromatic N) is 2. The summed E-state index contributed by atoms with van der Waals surface area (Å²) in [6, 6.07) is -0.497. The van der Waals surface area contributed by atoms with Gasteiger partial charge >= 0.3 is 18.1 Å². The van der Waals surface area contributed by atoms with E-state index in [4.69, 9.17) is 9.47 Å². The van der Waals surface area contributed by atoms with Crippen molar-refractivity contribution in [3.05, 3.63) is 29.5 Å². The molecule has 1 saturated heterocycles. The van der Waals surface area contributed by atoms with Crippen molar-refractivity contribution in [2.75, 3.05) is 13.6 Å². The van der Waals surface area contributed by atoms with Crippen LogP contribution in [0.4, 0.5) is 13.2 Å². The van der Waals surface area contributed by atoms with Crippen LogP contribution in [0.25, 0.3) is 0 Å². The van der Waals surface area contributed by atoms with Gasteiger partial charge in [0.15, 0.2) is 5.75 Å². The first-order valence-electron chi connectivity index (χ1n) is 7.19. The van der Waals surface area contributed by atoms with Crippen molar-refractivity contribution in [1.29, 1.82) is 0 Å². The van der Waals surface area contributed by atoms with E-state index in [1.807, 2.05) is 0 Å². The van der Waals surface area contributed by atoms with Crippen molar-refractivity contribution in [2.24, 2.45) is 0 Å². The fourth-order valence-corrected chi connectivity index (χ4v) is 2.86. The lowest BCUT2D eigenvalue weighted by Crippen LogP contribution is -2.22. The minimum Gasteiger partial charge on any atom is -0.422 e. The van der Waals surface area contributed by atoms with Gasteiger partial charge in [0.05, 0.1) is 5.56 Å². The molecule has 3 rings (SSSR count). The molecule has 0 aromatic carbocycles. The lowest BCUT2D eigenvalue weighted by atomic mass is 10.0. The summed E-state index contributed by atoms with van der Waals surface area (Å²) in [4.78, 5) is 28.9. The van der Waals surface area contributed by atoms with Crippen LogP contribution in [0.2, 0.25) is 0 Å². The summed E-state index contributed by atoms with van der Waals surface area (Å²) < 4.78 is 49.9. The van der Waals surface area contributed by atoms with E-state index in [0.717, 1.165) is 18.6 Å². The zero-order valence-corrected chi connectivity index (χ0v) is 12.6. The molecule has 0 radical (unpaired) electrons. The molecule has 0 amide bonds. The third-order valence-electron chi connectivity index (χ3n) is 3.95. The fraction of sp³-hybridized carbons (Fsp3) is 0.400. The molecule has 2 aliphatic rings. The number of aromatic nitrogens is 1. The highest BCUT2D eigenvalue weighted by Crippen LogP contribution is 2.47. The molecule has 1 unspecified atom stereocenters. The van der Waals surface area contributed by atoms with Gasteiger partial charge in [-0.2, -0.15) is 13.2 Å². The lowest BCUT2D eigenvalue weighted by molar-refractivity contribution is -0.141. The van der Waals surface area contributed by atoms with E-state index in [-0.39, 0.29) is 11.4 Å². The third kappa shape index (κ3) is 2.99. The van der Waals surface area contributed by atoms with E-state index in [0.29, 0.717) is 19.2 Å². The average molecular weight is 342 g/mol. The zero-order chi connectivity index (χ0) is 17.5. The maximum Gasteiger partial charge on any atom is 0.421 e. The number of rotatable bonds is 1. The van der Waals surface area contributed by atoms with Gasteiger partial charge < -0.3 is 9.47 Å². The van der Waals surface area contributed by atoms with Crippen molar-refractivity contribution in [3.8, 4) is 11.6 Å². The predicted molar refractivity (Wildman–Crippen MR) is 74.3 cm³/mol. The number of fused-ring (bicyclic) bond motifs is 2. The number of alkyl halides is 3. The maximum absolute atomic E-state index is 13.3. The number of carbonyl (C=O) groups is 2. The second-order valence-corrected chi connectivity index (χ2v) is 5.53. The molecule has 128 valence electrons. The van der Waals surface area contributed by atoms with Crippen LogP contribution in [-0.2, 0) is 15.8 Å². The van der Waals surface area contributed by atoms with Crippen molar-refractivity contribution < 1.29 is 32.2 Å². The topological polar surface area (TPSA) is 68.7 Å². The number of hydrogen-bond donors (Lipinski definition) is 0. The number of pyridine rings is 1. The SMILES string of the molecule is CN1CCCC1c1c2ncc(C(F)(F)F)c1OC(=O)/C=C/C(=O)O2. The first kappa shape index (κ1) is 16.4. The van der Waals surface area contributed by atoms with Gasteiger partial charge in [0.2, 0.25) is 5.88 Å². The summed E-state index contributed by atoms with van der Waals surface area (Å²) in [5.41, 5.74) is -1.21. The van der Waals surface area contributed by atoms with Crippen molar-refractivity contribution in [2.45, 2.75) is 25.1 Å². The Labute approximate surface area is 134 Å². The number of ether oxygens (including phenoxy) is 2. The Kier molecular flexibility index (Phi) is 4.04. The van der Waals surface area contributed by atoms with Crippen LogP contribution in [0.1, 0.15) is 30.0 Å². The van der Waals surface area contributed by atoms with Crippen molar-refractivity contribution in [1.82, 2.24) is 9.88 Å². The van der Waals surface area contributed by atoms with Crippen LogP contribution < -0.4 is 9.47 Å².